The topological polar surface area (TPSA) is 106 Å². The predicted molar refractivity (Wildman–Crippen MR) is 139 cm³/mol. The van der Waals surface area contributed by atoms with Crippen molar-refractivity contribution in [3.8, 4) is 22.6 Å². The van der Waals surface area contributed by atoms with E-state index in [0.29, 0.717) is 31.0 Å². The van der Waals surface area contributed by atoms with Gasteiger partial charge in [0, 0.05) is 41.3 Å². The Morgan fingerprint density at radius 2 is 1.89 bits per heavy atom. The highest BCUT2D eigenvalue weighted by Crippen LogP contribution is 2.37. The zero-order valence-corrected chi connectivity index (χ0v) is 21.0. The van der Waals surface area contributed by atoms with Crippen molar-refractivity contribution in [2.24, 2.45) is 0 Å². The van der Waals surface area contributed by atoms with E-state index >= 15 is 0 Å². The molecule has 0 saturated carbocycles. The van der Waals surface area contributed by atoms with Gasteiger partial charge in [-0.25, -0.2) is 13.8 Å². The highest BCUT2D eigenvalue weighted by Gasteiger charge is 2.26. The Morgan fingerprint density at radius 1 is 1.13 bits per heavy atom. The second-order valence-corrected chi connectivity index (χ2v) is 9.24. The van der Waals surface area contributed by atoms with E-state index < -0.39 is 11.6 Å². The number of nitrogens with two attached hydrogens (primary N) is 1. The van der Waals surface area contributed by atoms with E-state index in [-0.39, 0.29) is 30.3 Å². The monoisotopic (exact) mass is 519 g/mol. The molecule has 3 heterocycles. The normalized spacial score (nSPS) is 12.6. The van der Waals surface area contributed by atoms with Crippen molar-refractivity contribution < 1.29 is 23.4 Å². The molecule has 1 amide bonds. The molecule has 196 valence electrons. The lowest BCUT2D eigenvalue weighted by molar-refractivity contribution is -0.117. The van der Waals surface area contributed by atoms with Gasteiger partial charge in [-0.1, -0.05) is 0 Å². The zero-order valence-electron chi connectivity index (χ0n) is 21.0. The van der Waals surface area contributed by atoms with Crippen LogP contribution in [0.5, 0.6) is 11.5 Å². The minimum Gasteiger partial charge on any atom is -0.453 e. The SMILES string of the molecule is Cc1nn(CCO)c(C)c1-c1cnc(N)c(Oc2ccc3c(c2)CCN3C(=O)Cc2cc(F)cc(F)c2)c1. The van der Waals surface area contributed by atoms with Gasteiger partial charge in [0.15, 0.2) is 11.6 Å². The van der Waals surface area contributed by atoms with Gasteiger partial charge in [-0.3, -0.25) is 9.48 Å². The third-order valence-electron chi connectivity index (χ3n) is 6.62. The molecule has 0 saturated heterocycles. The molecule has 0 bridgehead atoms. The van der Waals surface area contributed by atoms with E-state index in [1.165, 1.54) is 12.1 Å². The molecule has 8 nitrogen and oxygen atoms in total. The number of ether oxygens (including phenoxy) is 1. The average molecular weight is 520 g/mol. The molecule has 0 aliphatic carbocycles. The summed E-state index contributed by atoms with van der Waals surface area (Å²) in [6.07, 6.45) is 2.18. The molecule has 0 fully saturated rings. The summed E-state index contributed by atoms with van der Waals surface area (Å²) in [5.74, 6) is -0.505. The van der Waals surface area contributed by atoms with Crippen LogP contribution in [0.25, 0.3) is 11.1 Å². The van der Waals surface area contributed by atoms with E-state index in [1.54, 1.807) is 27.9 Å². The number of aliphatic hydroxyl groups is 1. The first kappa shape index (κ1) is 25.3. The van der Waals surface area contributed by atoms with Gasteiger partial charge in [0.25, 0.3) is 0 Å². The van der Waals surface area contributed by atoms with Crippen LogP contribution in [0.2, 0.25) is 0 Å². The summed E-state index contributed by atoms with van der Waals surface area (Å²) in [4.78, 5) is 18.8. The molecule has 0 unspecified atom stereocenters. The van der Waals surface area contributed by atoms with Crippen molar-refractivity contribution in [1.29, 1.82) is 0 Å². The Bertz CT molecular complexity index is 1520. The fourth-order valence-electron chi connectivity index (χ4n) is 4.91. The first-order chi connectivity index (χ1) is 18.2. The van der Waals surface area contributed by atoms with Crippen LogP contribution >= 0.6 is 0 Å². The van der Waals surface area contributed by atoms with E-state index in [2.05, 4.69) is 10.1 Å². The Balaban J connectivity index is 1.36. The average Bonchev–Trinajstić information content (AvgIpc) is 3.40. The molecule has 10 heteroatoms. The van der Waals surface area contributed by atoms with Gasteiger partial charge >= 0.3 is 0 Å². The minimum atomic E-state index is -0.710. The van der Waals surface area contributed by atoms with Crippen molar-refractivity contribution in [1.82, 2.24) is 14.8 Å². The highest BCUT2D eigenvalue weighted by atomic mass is 19.1. The smallest absolute Gasteiger partial charge is 0.231 e. The number of pyridine rings is 1. The van der Waals surface area contributed by atoms with Crippen molar-refractivity contribution in [3.05, 3.63) is 82.8 Å². The van der Waals surface area contributed by atoms with Crippen LogP contribution in [0.15, 0.2) is 48.7 Å². The molecule has 4 aromatic rings. The van der Waals surface area contributed by atoms with Crippen LogP contribution in [0.4, 0.5) is 20.3 Å². The molecule has 1 aliphatic rings. The van der Waals surface area contributed by atoms with Gasteiger partial charge in [-0.05, 0) is 67.8 Å². The van der Waals surface area contributed by atoms with Crippen LogP contribution in [-0.4, -0.2) is 38.9 Å². The molecule has 5 rings (SSSR count). The molecule has 38 heavy (non-hydrogen) atoms. The number of nitrogens with zero attached hydrogens (tertiary/aromatic N) is 4. The van der Waals surface area contributed by atoms with Crippen LogP contribution in [-0.2, 0) is 24.2 Å². The first-order valence-electron chi connectivity index (χ1n) is 12.2. The Hall–Kier alpha value is -4.31. The number of carbonyl (C=O) groups excluding carboxylic acids is 1. The maximum absolute atomic E-state index is 13.5. The molecule has 0 atom stereocenters. The number of aromatic nitrogens is 3. The van der Waals surface area contributed by atoms with Gasteiger partial charge in [0.05, 0.1) is 25.3 Å². The Morgan fingerprint density at radius 3 is 2.63 bits per heavy atom. The maximum atomic E-state index is 13.5. The number of aliphatic hydroxyl groups excluding tert-OH is 1. The van der Waals surface area contributed by atoms with Crippen molar-refractivity contribution in [2.75, 3.05) is 23.8 Å². The molecule has 1 aliphatic heterocycles. The third-order valence-corrected chi connectivity index (χ3v) is 6.62. The zero-order chi connectivity index (χ0) is 27.0. The van der Waals surface area contributed by atoms with E-state index in [9.17, 15) is 18.7 Å². The largest absolute Gasteiger partial charge is 0.453 e. The molecule has 2 aromatic heterocycles. The van der Waals surface area contributed by atoms with Gasteiger partial charge in [0.2, 0.25) is 5.91 Å². The molecular weight excluding hydrogens is 492 g/mol. The first-order valence-corrected chi connectivity index (χ1v) is 12.2. The maximum Gasteiger partial charge on any atom is 0.231 e. The second kappa shape index (κ2) is 10.2. The summed E-state index contributed by atoms with van der Waals surface area (Å²) in [6, 6.07) is 10.3. The van der Waals surface area contributed by atoms with Crippen LogP contribution < -0.4 is 15.4 Å². The van der Waals surface area contributed by atoms with Gasteiger partial charge in [-0.2, -0.15) is 5.10 Å². The van der Waals surface area contributed by atoms with Gasteiger partial charge < -0.3 is 20.5 Å². The second-order valence-electron chi connectivity index (χ2n) is 9.24. The number of anilines is 2. The van der Waals surface area contributed by atoms with E-state index in [1.807, 2.05) is 26.0 Å². The number of fused-ring (bicyclic) bond motifs is 1. The number of rotatable bonds is 7. The summed E-state index contributed by atoms with van der Waals surface area (Å²) in [5.41, 5.74) is 11.5. The van der Waals surface area contributed by atoms with Crippen LogP contribution in [0.3, 0.4) is 0 Å². The van der Waals surface area contributed by atoms with Crippen LogP contribution in [0.1, 0.15) is 22.5 Å². The van der Waals surface area contributed by atoms with Crippen molar-refractivity contribution in [3.63, 3.8) is 0 Å². The Labute approximate surface area is 218 Å². The Kier molecular flexibility index (Phi) is 6.81. The third kappa shape index (κ3) is 4.95. The summed E-state index contributed by atoms with van der Waals surface area (Å²) in [5, 5.41) is 13.8. The predicted octanol–water partition coefficient (Wildman–Crippen LogP) is 4.34. The van der Waals surface area contributed by atoms with Gasteiger partial charge in [-0.15, -0.1) is 0 Å². The fraction of sp³-hybridized carbons (Fsp3) is 0.250. The number of amides is 1. The number of hydrogen-bond acceptors (Lipinski definition) is 6. The summed E-state index contributed by atoms with van der Waals surface area (Å²) >= 11 is 0. The lowest BCUT2D eigenvalue weighted by Crippen LogP contribution is -2.30. The lowest BCUT2D eigenvalue weighted by atomic mass is 10.1. The van der Waals surface area contributed by atoms with Crippen molar-refractivity contribution >= 4 is 17.4 Å². The number of hydrogen-bond donors (Lipinski definition) is 2. The van der Waals surface area contributed by atoms with Crippen LogP contribution in [0, 0.1) is 25.5 Å². The molecule has 0 spiro atoms. The number of carbonyl (C=O) groups is 1. The number of aryl methyl sites for hydroxylation is 1. The highest BCUT2D eigenvalue weighted by molar-refractivity contribution is 5.96. The summed E-state index contributed by atoms with van der Waals surface area (Å²) in [7, 11) is 0. The number of nitrogen functional groups attached to an aromatic ring is 1. The standard InChI is InChI=1S/C28H27F2N5O3/c1-16-27(17(2)35(33-16)7-8-36)20-13-25(28(31)32-15-20)38-23-3-4-24-19(12-23)5-6-34(24)26(37)11-18-9-21(29)14-22(30)10-18/h3-4,9-10,12-15,36H,5-8,11H2,1-2H3,(H2,31,32). The number of benzene rings is 2. The molecule has 0 radical (unpaired) electrons. The quantitative estimate of drug-likeness (QED) is 0.376. The fourth-order valence-corrected chi connectivity index (χ4v) is 4.91. The van der Waals surface area contributed by atoms with Crippen molar-refractivity contribution in [2.45, 2.75) is 33.2 Å². The number of halogens is 2. The lowest BCUT2D eigenvalue weighted by Gasteiger charge is -2.18. The van der Waals surface area contributed by atoms with E-state index in [4.69, 9.17) is 10.5 Å². The summed E-state index contributed by atoms with van der Waals surface area (Å²) in [6.45, 7) is 4.67. The van der Waals surface area contributed by atoms with E-state index in [0.717, 1.165) is 39.8 Å². The minimum absolute atomic E-state index is 0.0134. The molecular formula is C28H27F2N5O3. The van der Waals surface area contributed by atoms with Gasteiger partial charge in [0.1, 0.15) is 17.4 Å². The molecule has 2 aromatic carbocycles. The summed E-state index contributed by atoms with van der Waals surface area (Å²) < 4.78 is 34.9. The molecule has 3 N–H and O–H groups in total.